The van der Waals surface area contributed by atoms with Gasteiger partial charge in [0.05, 0.1) is 6.10 Å². The van der Waals surface area contributed by atoms with Crippen LogP contribution in [0, 0.1) is 0 Å². The number of nitrogens with one attached hydrogen (secondary N) is 1. The number of halogens is 3. The molecule has 0 aliphatic carbocycles. The molecule has 1 N–H and O–H groups in total. The van der Waals surface area contributed by atoms with Crippen LogP contribution in [-0.2, 0) is 0 Å². The molecular weight excluding hydrogens is 277 g/mol. The first-order valence-electron chi connectivity index (χ1n) is 6.16. The molecule has 20 heavy (non-hydrogen) atoms. The normalized spacial score (nSPS) is 11.6. The smallest absolute Gasteiger partial charge is 0.422 e. The lowest BCUT2D eigenvalue weighted by atomic mass is 10.5. The van der Waals surface area contributed by atoms with Gasteiger partial charge in [0.15, 0.2) is 6.61 Å². The largest absolute Gasteiger partial charge is 0.461 e. The molecule has 6 nitrogen and oxygen atoms in total. The summed E-state index contributed by atoms with van der Waals surface area (Å²) in [6, 6.07) is -0.502. The Morgan fingerprint density at radius 3 is 2.35 bits per heavy atom. The Hall–Kier alpha value is -1.80. The van der Waals surface area contributed by atoms with Crippen LogP contribution in [0.5, 0.6) is 12.0 Å². The standard InChI is InChI=1S/C11H17F3N4O2/c1-4-5-15-8-16-9(19-6-11(12,13)14)18-10(17-8)20-7(2)3/h7H,4-6H2,1-3H3,(H,15,16,17,18). The Kier molecular flexibility index (Phi) is 5.78. The molecule has 0 bridgehead atoms. The third kappa shape index (κ3) is 6.39. The second-order valence-corrected chi connectivity index (χ2v) is 4.22. The van der Waals surface area contributed by atoms with Crippen molar-refractivity contribution in [2.75, 3.05) is 18.5 Å². The number of hydrogen-bond acceptors (Lipinski definition) is 6. The quantitative estimate of drug-likeness (QED) is 0.833. The molecule has 0 unspecified atom stereocenters. The van der Waals surface area contributed by atoms with Crippen molar-refractivity contribution in [2.45, 2.75) is 39.5 Å². The van der Waals surface area contributed by atoms with Crippen LogP contribution in [0.25, 0.3) is 0 Å². The third-order valence-electron chi connectivity index (χ3n) is 1.83. The average molecular weight is 294 g/mol. The van der Waals surface area contributed by atoms with Crippen LogP contribution in [0.3, 0.4) is 0 Å². The zero-order valence-corrected chi connectivity index (χ0v) is 11.5. The van der Waals surface area contributed by atoms with Crippen molar-refractivity contribution in [3.05, 3.63) is 0 Å². The number of alkyl halides is 3. The number of nitrogens with zero attached hydrogens (tertiary/aromatic N) is 3. The lowest BCUT2D eigenvalue weighted by Crippen LogP contribution is -2.21. The monoisotopic (exact) mass is 294 g/mol. The Morgan fingerprint density at radius 2 is 1.80 bits per heavy atom. The summed E-state index contributed by atoms with van der Waals surface area (Å²) in [4.78, 5) is 11.4. The number of anilines is 1. The van der Waals surface area contributed by atoms with E-state index in [2.05, 4.69) is 25.0 Å². The van der Waals surface area contributed by atoms with E-state index in [1.54, 1.807) is 13.8 Å². The Balaban J connectivity index is 2.85. The summed E-state index contributed by atoms with van der Waals surface area (Å²) in [6.45, 7) is 4.54. The van der Waals surface area contributed by atoms with E-state index in [4.69, 9.17) is 4.74 Å². The van der Waals surface area contributed by atoms with Gasteiger partial charge in [0, 0.05) is 6.54 Å². The summed E-state index contributed by atoms with van der Waals surface area (Å²) in [7, 11) is 0. The Labute approximate surface area is 114 Å². The molecule has 1 aromatic rings. The fraction of sp³-hybridized carbons (Fsp3) is 0.727. The molecule has 0 aliphatic rings. The van der Waals surface area contributed by atoms with Crippen molar-refractivity contribution in [3.8, 4) is 12.0 Å². The van der Waals surface area contributed by atoms with Crippen molar-refractivity contribution in [2.24, 2.45) is 0 Å². The number of ether oxygens (including phenoxy) is 2. The highest BCUT2D eigenvalue weighted by Gasteiger charge is 2.29. The van der Waals surface area contributed by atoms with Gasteiger partial charge in [0.25, 0.3) is 0 Å². The molecule has 9 heteroatoms. The maximum Gasteiger partial charge on any atom is 0.422 e. The van der Waals surface area contributed by atoms with Gasteiger partial charge in [-0.25, -0.2) is 0 Å². The molecule has 0 atom stereocenters. The van der Waals surface area contributed by atoms with E-state index in [0.717, 1.165) is 6.42 Å². The van der Waals surface area contributed by atoms with Gasteiger partial charge >= 0.3 is 18.2 Å². The van der Waals surface area contributed by atoms with Crippen LogP contribution >= 0.6 is 0 Å². The average Bonchev–Trinajstić information content (AvgIpc) is 2.32. The van der Waals surface area contributed by atoms with Crippen LogP contribution in [0.2, 0.25) is 0 Å². The first-order chi connectivity index (χ1) is 9.30. The Bertz CT molecular complexity index is 427. The molecule has 0 saturated carbocycles. The molecule has 0 radical (unpaired) electrons. The third-order valence-corrected chi connectivity index (χ3v) is 1.83. The molecule has 1 rings (SSSR count). The summed E-state index contributed by atoms with van der Waals surface area (Å²) in [5, 5.41) is 2.84. The van der Waals surface area contributed by atoms with Gasteiger partial charge in [0.1, 0.15) is 0 Å². The van der Waals surface area contributed by atoms with E-state index in [1.807, 2.05) is 6.92 Å². The van der Waals surface area contributed by atoms with E-state index in [-0.39, 0.29) is 18.1 Å². The van der Waals surface area contributed by atoms with Crippen LogP contribution in [0.1, 0.15) is 27.2 Å². The molecule has 0 amide bonds. The summed E-state index contributed by atoms with van der Waals surface area (Å²) < 4.78 is 46.1. The molecule has 1 aromatic heterocycles. The summed E-state index contributed by atoms with van der Waals surface area (Å²) >= 11 is 0. The van der Waals surface area contributed by atoms with E-state index in [0.29, 0.717) is 6.54 Å². The van der Waals surface area contributed by atoms with Crippen LogP contribution in [0.4, 0.5) is 19.1 Å². The maximum absolute atomic E-state index is 12.1. The van der Waals surface area contributed by atoms with Gasteiger partial charge in [-0.1, -0.05) is 6.92 Å². The lowest BCUT2D eigenvalue weighted by Gasteiger charge is -2.12. The topological polar surface area (TPSA) is 69.2 Å². The van der Waals surface area contributed by atoms with Gasteiger partial charge in [-0.2, -0.15) is 23.1 Å². The van der Waals surface area contributed by atoms with E-state index in [1.165, 1.54) is 0 Å². The van der Waals surface area contributed by atoms with Gasteiger partial charge < -0.3 is 14.8 Å². The summed E-state index contributed by atoms with van der Waals surface area (Å²) in [6.07, 6.45) is -3.86. The summed E-state index contributed by atoms with van der Waals surface area (Å²) in [5.41, 5.74) is 0. The molecule has 0 saturated heterocycles. The molecule has 0 spiro atoms. The maximum atomic E-state index is 12.1. The fourth-order valence-corrected chi connectivity index (χ4v) is 1.13. The fourth-order valence-electron chi connectivity index (χ4n) is 1.13. The predicted octanol–water partition coefficient (Wildman–Crippen LogP) is 2.42. The SMILES string of the molecule is CCCNc1nc(OCC(F)(F)F)nc(OC(C)C)n1. The first-order valence-corrected chi connectivity index (χ1v) is 6.16. The van der Waals surface area contributed by atoms with Crippen molar-refractivity contribution < 1.29 is 22.6 Å². The summed E-state index contributed by atoms with van der Waals surface area (Å²) in [5.74, 6) is 0.120. The first kappa shape index (κ1) is 16.3. The number of aromatic nitrogens is 3. The second-order valence-electron chi connectivity index (χ2n) is 4.22. The minimum atomic E-state index is -4.46. The second kappa shape index (κ2) is 7.11. The number of hydrogen-bond donors (Lipinski definition) is 1. The molecule has 0 aromatic carbocycles. The van der Waals surface area contributed by atoms with Crippen molar-refractivity contribution in [1.29, 1.82) is 0 Å². The van der Waals surface area contributed by atoms with Gasteiger partial charge in [-0.05, 0) is 20.3 Å². The minimum absolute atomic E-state index is 0.0780. The highest BCUT2D eigenvalue weighted by molar-refractivity contribution is 5.27. The lowest BCUT2D eigenvalue weighted by molar-refractivity contribution is -0.154. The highest BCUT2D eigenvalue weighted by atomic mass is 19.4. The van der Waals surface area contributed by atoms with Crippen LogP contribution in [0.15, 0.2) is 0 Å². The van der Waals surface area contributed by atoms with Crippen LogP contribution < -0.4 is 14.8 Å². The van der Waals surface area contributed by atoms with Crippen molar-refractivity contribution in [3.63, 3.8) is 0 Å². The minimum Gasteiger partial charge on any atom is -0.461 e. The van der Waals surface area contributed by atoms with E-state index < -0.39 is 18.8 Å². The molecular formula is C11H17F3N4O2. The van der Waals surface area contributed by atoms with Gasteiger partial charge in [0.2, 0.25) is 5.95 Å². The van der Waals surface area contributed by atoms with Crippen LogP contribution in [-0.4, -0.2) is 40.4 Å². The molecule has 0 aliphatic heterocycles. The Morgan fingerprint density at radius 1 is 1.15 bits per heavy atom. The highest BCUT2D eigenvalue weighted by Crippen LogP contribution is 2.18. The number of rotatable bonds is 7. The van der Waals surface area contributed by atoms with Gasteiger partial charge in [-0.3, -0.25) is 0 Å². The molecule has 1 heterocycles. The molecule has 114 valence electrons. The van der Waals surface area contributed by atoms with E-state index in [9.17, 15) is 13.2 Å². The van der Waals surface area contributed by atoms with Gasteiger partial charge in [-0.15, -0.1) is 4.98 Å². The van der Waals surface area contributed by atoms with Crippen molar-refractivity contribution in [1.82, 2.24) is 15.0 Å². The van der Waals surface area contributed by atoms with E-state index >= 15 is 0 Å². The predicted molar refractivity (Wildman–Crippen MR) is 65.9 cm³/mol. The van der Waals surface area contributed by atoms with Crippen molar-refractivity contribution >= 4 is 5.95 Å². The zero-order valence-electron chi connectivity index (χ0n) is 11.5. The zero-order chi connectivity index (χ0) is 15.2. The molecule has 0 fully saturated rings.